The highest BCUT2D eigenvalue weighted by molar-refractivity contribution is 9.10. The van der Waals surface area contributed by atoms with Gasteiger partial charge in [-0.2, -0.15) is 0 Å². The summed E-state index contributed by atoms with van der Waals surface area (Å²) in [7, 11) is 1.53. The number of para-hydroxylation sites is 1. The molecular weight excluding hydrogens is 334 g/mol. The minimum Gasteiger partial charge on any atom is -0.496 e. The zero-order valence-electron chi connectivity index (χ0n) is 11.8. The standard InChI is InChI=1S/C16H16BrNO3/c1-10-5-3-4-6-13(10)18-15(16(19)20)12-9-11(17)7-8-14(12)21-2/h3-9,15,18H,1-2H3,(H,19,20). The van der Waals surface area contributed by atoms with Crippen molar-refractivity contribution in [2.45, 2.75) is 13.0 Å². The second kappa shape index (κ2) is 6.63. The number of ether oxygens (including phenoxy) is 1. The number of anilines is 1. The van der Waals surface area contributed by atoms with Gasteiger partial charge in [0, 0.05) is 15.7 Å². The van der Waals surface area contributed by atoms with E-state index in [1.807, 2.05) is 37.3 Å². The van der Waals surface area contributed by atoms with Gasteiger partial charge in [0.05, 0.1) is 7.11 Å². The van der Waals surface area contributed by atoms with Crippen LogP contribution < -0.4 is 10.1 Å². The number of methoxy groups -OCH3 is 1. The molecule has 0 radical (unpaired) electrons. The van der Waals surface area contributed by atoms with E-state index in [1.165, 1.54) is 7.11 Å². The highest BCUT2D eigenvalue weighted by atomic mass is 79.9. The molecule has 1 atom stereocenters. The number of hydrogen-bond donors (Lipinski definition) is 2. The topological polar surface area (TPSA) is 58.6 Å². The van der Waals surface area contributed by atoms with E-state index in [1.54, 1.807) is 12.1 Å². The van der Waals surface area contributed by atoms with E-state index >= 15 is 0 Å². The van der Waals surface area contributed by atoms with Gasteiger partial charge in [0.25, 0.3) is 0 Å². The van der Waals surface area contributed by atoms with Crippen LogP contribution in [0.4, 0.5) is 5.69 Å². The number of aryl methyl sites for hydroxylation is 1. The van der Waals surface area contributed by atoms with Gasteiger partial charge in [-0.25, -0.2) is 4.79 Å². The van der Waals surface area contributed by atoms with Crippen LogP contribution in [0.5, 0.6) is 5.75 Å². The minimum atomic E-state index is -0.963. The third-order valence-corrected chi connectivity index (χ3v) is 3.69. The van der Waals surface area contributed by atoms with Crippen molar-refractivity contribution < 1.29 is 14.6 Å². The molecule has 0 fully saturated rings. The Morgan fingerprint density at radius 2 is 2.00 bits per heavy atom. The van der Waals surface area contributed by atoms with Gasteiger partial charge in [-0.05, 0) is 36.8 Å². The molecule has 110 valence electrons. The first-order valence-electron chi connectivity index (χ1n) is 6.41. The quantitative estimate of drug-likeness (QED) is 0.856. The van der Waals surface area contributed by atoms with Crippen molar-refractivity contribution in [3.63, 3.8) is 0 Å². The normalized spacial score (nSPS) is 11.8. The summed E-state index contributed by atoms with van der Waals surface area (Å²) in [6, 6.07) is 12.0. The Labute approximate surface area is 131 Å². The summed E-state index contributed by atoms with van der Waals surface area (Å²) >= 11 is 3.37. The number of carbonyl (C=O) groups is 1. The van der Waals surface area contributed by atoms with Crippen LogP contribution in [0.15, 0.2) is 46.9 Å². The Morgan fingerprint density at radius 1 is 1.29 bits per heavy atom. The van der Waals surface area contributed by atoms with Gasteiger partial charge in [-0.1, -0.05) is 34.1 Å². The lowest BCUT2D eigenvalue weighted by molar-refractivity contribution is -0.138. The number of benzene rings is 2. The molecule has 0 heterocycles. The molecule has 5 heteroatoms. The zero-order chi connectivity index (χ0) is 15.4. The van der Waals surface area contributed by atoms with Crippen molar-refractivity contribution in [2.24, 2.45) is 0 Å². The van der Waals surface area contributed by atoms with E-state index < -0.39 is 12.0 Å². The van der Waals surface area contributed by atoms with E-state index in [-0.39, 0.29) is 0 Å². The van der Waals surface area contributed by atoms with E-state index in [2.05, 4.69) is 21.2 Å². The molecule has 2 N–H and O–H groups in total. The summed E-state index contributed by atoms with van der Waals surface area (Å²) in [6.45, 7) is 1.93. The molecule has 0 amide bonds. The van der Waals surface area contributed by atoms with Crippen molar-refractivity contribution in [1.29, 1.82) is 0 Å². The Kier molecular flexibility index (Phi) is 4.85. The highest BCUT2D eigenvalue weighted by Crippen LogP contribution is 2.31. The van der Waals surface area contributed by atoms with Crippen LogP contribution in [-0.4, -0.2) is 18.2 Å². The lowest BCUT2D eigenvalue weighted by Crippen LogP contribution is -2.21. The fourth-order valence-corrected chi connectivity index (χ4v) is 2.47. The molecule has 4 nitrogen and oxygen atoms in total. The van der Waals surface area contributed by atoms with E-state index in [0.717, 1.165) is 15.7 Å². The van der Waals surface area contributed by atoms with Crippen molar-refractivity contribution >= 4 is 27.6 Å². The first-order valence-corrected chi connectivity index (χ1v) is 7.20. The number of aliphatic carboxylic acids is 1. The number of halogens is 1. The predicted molar refractivity (Wildman–Crippen MR) is 85.9 cm³/mol. The van der Waals surface area contributed by atoms with Crippen LogP contribution in [-0.2, 0) is 4.79 Å². The van der Waals surface area contributed by atoms with Gasteiger partial charge in [0.15, 0.2) is 6.04 Å². The summed E-state index contributed by atoms with van der Waals surface area (Å²) in [5, 5.41) is 12.6. The van der Waals surface area contributed by atoms with Gasteiger partial charge in [0.1, 0.15) is 5.75 Å². The number of carboxylic acids is 1. The molecule has 0 aliphatic rings. The van der Waals surface area contributed by atoms with Crippen LogP contribution in [0, 0.1) is 6.92 Å². The fourth-order valence-electron chi connectivity index (χ4n) is 2.09. The van der Waals surface area contributed by atoms with E-state index in [4.69, 9.17) is 4.74 Å². The second-order valence-corrected chi connectivity index (χ2v) is 5.53. The summed E-state index contributed by atoms with van der Waals surface area (Å²) < 4.78 is 6.08. The predicted octanol–water partition coefficient (Wildman–Crippen LogP) is 4.00. The average molecular weight is 350 g/mol. The van der Waals surface area contributed by atoms with E-state index in [0.29, 0.717) is 11.3 Å². The highest BCUT2D eigenvalue weighted by Gasteiger charge is 2.24. The van der Waals surface area contributed by atoms with Crippen LogP contribution in [0.1, 0.15) is 17.2 Å². The maximum Gasteiger partial charge on any atom is 0.330 e. The molecule has 2 rings (SSSR count). The van der Waals surface area contributed by atoms with Crippen molar-refractivity contribution in [2.75, 3.05) is 12.4 Å². The summed E-state index contributed by atoms with van der Waals surface area (Å²) in [4.78, 5) is 11.7. The molecule has 0 aliphatic carbocycles. The van der Waals surface area contributed by atoms with Crippen LogP contribution in [0.2, 0.25) is 0 Å². The maximum atomic E-state index is 11.7. The third kappa shape index (κ3) is 3.55. The zero-order valence-corrected chi connectivity index (χ0v) is 13.3. The summed E-state index contributed by atoms with van der Waals surface area (Å²) in [5.41, 5.74) is 2.34. The van der Waals surface area contributed by atoms with Gasteiger partial charge in [-0.15, -0.1) is 0 Å². The largest absolute Gasteiger partial charge is 0.496 e. The van der Waals surface area contributed by atoms with Crippen LogP contribution in [0.25, 0.3) is 0 Å². The fraction of sp³-hybridized carbons (Fsp3) is 0.188. The molecule has 2 aromatic carbocycles. The molecule has 2 aromatic rings. The van der Waals surface area contributed by atoms with E-state index in [9.17, 15) is 9.90 Å². The third-order valence-electron chi connectivity index (χ3n) is 3.19. The van der Waals surface area contributed by atoms with Crippen LogP contribution >= 0.6 is 15.9 Å². The van der Waals surface area contributed by atoms with Gasteiger partial charge >= 0.3 is 5.97 Å². The Hall–Kier alpha value is -2.01. The average Bonchev–Trinajstić information content (AvgIpc) is 2.46. The number of carboxylic acid groups (broad SMARTS) is 1. The van der Waals surface area contributed by atoms with Gasteiger partial charge in [-0.3, -0.25) is 0 Å². The number of nitrogens with one attached hydrogen (secondary N) is 1. The molecule has 21 heavy (non-hydrogen) atoms. The second-order valence-electron chi connectivity index (χ2n) is 4.62. The lowest BCUT2D eigenvalue weighted by atomic mass is 10.0. The Morgan fingerprint density at radius 3 is 2.62 bits per heavy atom. The molecule has 0 saturated carbocycles. The van der Waals surface area contributed by atoms with Gasteiger partial charge < -0.3 is 15.2 Å². The molecule has 0 bridgehead atoms. The van der Waals surface area contributed by atoms with Crippen molar-refractivity contribution in [3.05, 3.63) is 58.1 Å². The Bertz CT molecular complexity index is 658. The van der Waals surface area contributed by atoms with Crippen LogP contribution in [0.3, 0.4) is 0 Å². The first kappa shape index (κ1) is 15.4. The molecule has 0 aromatic heterocycles. The Balaban J connectivity index is 2.43. The monoisotopic (exact) mass is 349 g/mol. The van der Waals surface area contributed by atoms with Gasteiger partial charge in [0.2, 0.25) is 0 Å². The number of hydrogen-bond acceptors (Lipinski definition) is 3. The summed E-state index contributed by atoms with van der Waals surface area (Å²) in [5.74, 6) is -0.429. The first-order chi connectivity index (χ1) is 10.0. The minimum absolute atomic E-state index is 0.534. The summed E-state index contributed by atoms with van der Waals surface area (Å²) in [6.07, 6.45) is 0. The maximum absolute atomic E-state index is 11.7. The molecule has 0 saturated heterocycles. The SMILES string of the molecule is COc1ccc(Br)cc1C(Nc1ccccc1C)C(=O)O. The molecule has 1 unspecified atom stereocenters. The smallest absolute Gasteiger partial charge is 0.330 e. The van der Waals surface area contributed by atoms with Crippen molar-refractivity contribution in [3.8, 4) is 5.75 Å². The molecule has 0 aliphatic heterocycles. The molecular formula is C16H16BrNO3. The van der Waals surface area contributed by atoms with Crippen molar-refractivity contribution in [1.82, 2.24) is 0 Å². The lowest BCUT2D eigenvalue weighted by Gasteiger charge is -2.20. The number of rotatable bonds is 5. The molecule has 0 spiro atoms.